The molecule has 0 aliphatic heterocycles. The number of hydrogen-bond donors (Lipinski definition) is 1. The number of carbonyl (C=O) groups excluding carboxylic acids is 1. The van der Waals surface area contributed by atoms with Crippen LogP contribution in [-0.4, -0.2) is 21.2 Å². The standard InChI is InChI=1S/C27H23ClF3N3O2S/c28-20-9-6-10-21(16-20)34-25(36)22-11-1-2-12-23(22)33-26(34)37-14-4-3-13-24(35)32-17-18-7-5-8-19(15-18)27(29,30)31/h1-2,5-12,15-16H,3-4,13-14,17H2,(H,32,35). The van der Waals surface area contributed by atoms with Crippen molar-refractivity contribution in [3.8, 4) is 5.69 Å². The summed E-state index contributed by atoms with van der Waals surface area (Å²) in [6.07, 6.45) is -2.92. The van der Waals surface area contributed by atoms with Crippen LogP contribution in [0.15, 0.2) is 82.7 Å². The molecule has 0 aliphatic rings. The van der Waals surface area contributed by atoms with E-state index in [1.165, 1.54) is 17.8 Å². The number of hydrogen-bond acceptors (Lipinski definition) is 4. The van der Waals surface area contributed by atoms with Crippen LogP contribution in [0.25, 0.3) is 16.6 Å². The number of carbonyl (C=O) groups is 1. The lowest BCUT2D eigenvalue weighted by molar-refractivity contribution is -0.137. The van der Waals surface area contributed by atoms with E-state index in [1.54, 1.807) is 53.1 Å². The molecule has 0 saturated carbocycles. The third-order valence-corrected chi connectivity index (χ3v) is 6.84. The number of nitrogens with zero attached hydrogens (tertiary/aromatic N) is 2. The molecule has 0 spiro atoms. The summed E-state index contributed by atoms with van der Waals surface area (Å²) in [5.74, 6) is 0.383. The molecule has 5 nitrogen and oxygen atoms in total. The maximum atomic E-state index is 13.3. The largest absolute Gasteiger partial charge is 0.416 e. The van der Waals surface area contributed by atoms with E-state index < -0.39 is 11.7 Å². The molecule has 192 valence electrons. The molecule has 0 bridgehead atoms. The number of unbranched alkanes of at least 4 members (excludes halogenated alkanes) is 1. The van der Waals surface area contributed by atoms with Gasteiger partial charge in [0.15, 0.2) is 5.16 Å². The second kappa shape index (κ2) is 11.8. The molecule has 0 saturated heterocycles. The molecule has 3 aromatic carbocycles. The van der Waals surface area contributed by atoms with Crippen molar-refractivity contribution in [3.63, 3.8) is 0 Å². The fourth-order valence-electron chi connectivity index (χ4n) is 3.75. The van der Waals surface area contributed by atoms with E-state index in [4.69, 9.17) is 11.6 Å². The van der Waals surface area contributed by atoms with Gasteiger partial charge in [-0.3, -0.25) is 14.2 Å². The summed E-state index contributed by atoms with van der Waals surface area (Å²) in [5, 5.41) is 4.20. The van der Waals surface area contributed by atoms with Crippen LogP contribution in [-0.2, 0) is 17.5 Å². The minimum atomic E-state index is -4.42. The van der Waals surface area contributed by atoms with Gasteiger partial charge >= 0.3 is 6.18 Å². The van der Waals surface area contributed by atoms with E-state index in [0.29, 0.717) is 50.9 Å². The molecule has 1 amide bonds. The first-order chi connectivity index (χ1) is 17.7. The fourth-order valence-corrected chi connectivity index (χ4v) is 4.95. The van der Waals surface area contributed by atoms with E-state index in [2.05, 4.69) is 10.3 Å². The van der Waals surface area contributed by atoms with E-state index in [9.17, 15) is 22.8 Å². The minimum absolute atomic E-state index is 0.0322. The smallest absolute Gasteiger partial charge is 0.352 e. The zero-order valence-corrected chi connectivity index (χ0v) is 21.2. The Morgan fingerprint density at radius 1 is 1.00 bits per heavy atom. The second-order valence-electron chi connectivity index (χ2n) is 8.31. The Labute approximate surface area is 220 Å². The maximum absolute atomic E-state index is 13.3. The van der Waals surface area contributed by atoms with Gasteiger partial charge in [0, 0.05) is 23.7 Å². The first kappa shape index (κ1) is 26.8. The van der Waals surface area contributed by atoms with Crippen molar-refractivity contribution in [3.05, 3.63) is 99.3 Å². The lowest BCUT2D eigenvalue weighted by Crippen LogP contribution is -2.22. The highest BCUT2D eigenvalue weighted by Gasteiger charge is 2.30. The van der Waals surface area contributed by atoms with Gasteiger partial charge in [0.05, 0.1) is 22.2 Å². The van der Waals surface area contributed by atoms with Crippen LogP contribution in [0.5, 0.6) is 0 Å². The van der Waals surface area contributed by atoms with Gasteiger partial charge in [-0.25, -0.2) is 4.98 Å². The third kappa shape index (κ3) is 6.93. The van der Waals surface area contributed by atoms with Crippen molar-refractivity contribution >= 4 is 40.2 Å². The van der Waals surface area contributed by atoms with Crippen LogP contribution in [0.1, 0.15) is 30.4 Å². The molecule has 0 radical (unpaired) electrons. The molecule has 0 fully saturated rings. The van der Waals surface area contributed by atoms with Crippen LogP contribution in [0.4, 0.5) is 13.2 Å². The third-order valence-electron chi connectivity index (χ3n) is 5.58. The highest BCUT2D eigenvalue weighted by atomic mass is 35.5. The topological polar surface area (TPSA) is 64.0 Å². The first-order valence-corrected chi connectivity index (χ1v) is 12.9. The fraction of sp³-hybridized carbons (Fsp3) is 0.222. The van der Waals surface area contributed by atoms with Gasteiger partial charge < -0.3 is 5.32 Å². The zero-order valence-electron chi connectivity index (χ0n) is 19.6. The van der Waals surface area contributed by atoms with Crippen LogP contribution >= 0.6 is 23.4 Å². The molecule has 10 heteroatoms. The number of halogens is 4. The number of fused-ring (bicyclic) bond motifs is 1. The quantitative estimate of drug-likeness (QED) is 0.145. The van der Waals surface area contributed by atoms with Crippen molar-refractivity contribution in [1.82, 2.24) is 14.9 Å². The van der Waals surface area contributed by atoms with Gasteiger partial charge in [0.2, 0.25) is 5.91 Å². The van der Waals surface area contributed by atoms with Crippen molar-refractivity contribution in [1.29, 1.82) is 0 Å². The van der Waals surface area contributed by atoms with Gasteiger partial charge in [-0.05, 0) is 60.9 Å². The van der Waals surface area contributed by atoms with Crippen LogP contribution in [0.3, 0.4) is 0 Å². The molecule has 4 aromatic rings. The molecular formula is C27H23ClF3N3O2S. The predicted octanol–water partition coefficient (Wildman–Crippen LogP) is 6.64. The van der Waals surface area contributed by atoms with Gasteiger partial charge in [0.1, 0.15) is 0 Å². The molecular weight excluding hydrogens is 523 g/mol. The van der Waals surface area contributed by atoms with Crippen molar-refractivity contribution in [2.75, 3.05) is 5.75 Å². The van der Waals surface area contributed by atoms with Crippen LogP contribution in [0.2, 0.25) is 5.02 Å². The predicted molar refractivity (Wildman–Crippen MR) is 140 cm³/mol. The highest BCUT2D eigenvalue weighted by molar-refractivity contribution is 7.99. The maximum Gasteiger partial charge on any atom is 0.416 e. The van der Waals surface area contributed by atoms with E-state index in [-0.39, 0.29) is 24.4 Å². The summed E-state index contributed by atoms with van der Waals surface area (Å²) < 4.78 is 40.1. The number of para-hydroxylation sites is 1. The number of rotatable bonds is 9. The van der Waals surface area contributed by atoms with Crippen molar-refractivity contribution < 1.29 is 18.0 Å². The molecule has 0 aliphatic carbocycles. The van der Waals surface area contributed by atoms with Gasteiger partial charge in [-0.1, -0.05) is 53.7 Å². The Morgan fingerprint density at radius 3 is 2.57 bits per heavy atom. The molecule has 1 aromatic heterocycles. The summed E-state index contributed by atoms with van der Waals surface area (Å²) in [6.45, 7) is 0.0322. The number of alkyl halides is 3. The molecule has 4 rings (SSSR count). The summed E-state index contributed by atoms with van der Waals surface area (Å²) in [5.41, 5.74) is 0.675. The highest BCUT2D eigenvalue weighted by Crippen LogP contribution is 2.29. The molecule has 1 N–H and O–H groups in total. The number of aromatic nitrogens is 2. The second-order valence-corrected chi connectivity index (χ2v) is 9.81. The average Bonchev–Trinajstić information content (AvgIpc) is 2.87. The number of nitrogens with one attached hydrogen (secondary N) is 1. The zero-order chi connectivity index (χ0) is 26.4. The lowest BCUT2D eigenvalue weighted by Gasteiger charge is -2.13. The van der Waals surface area contributed by atoms with Gasteiger partial charge in [0.25, 0.3) is 5.56 Å². The summed E-state index contributed by atoms with van der Waals surface area (Å²) in [4.78, 5) is 30.1. The minimum Gasteiger partial charge on any atom is -0.352 e. The Bertz CT molecular complexity index is 1470. The molecule has 0 unspecified atom stereocenters. The normalized spacial score (nSPS) is 11.6. The SMILES string of the molecule is O=C(CCCCSc1nc2ccccc2c(=O)n1-c1cccc(Cl)c1)NCc1cccc(C(F)(F)F)c1. The monoisotopic (exact) mass is 545 g/mol. The summed E-state index contributed by atoms with van der Waals surface area (Å²) in [6, 6.07) is 19.0. The molecule has 0 atom stereocenters. The van der Waals surface area contributed by atoms with E-state index >= 15 is 0 Å². The average molecular weight is 546 g/mol. The van der Waals surface area contributed by atoms with E-state index in [0.717, 1.165) is 12.1 Å². The Morgan fingerprint density at radius 2 is 1.78 bits per heavy atom. The Hall–Kier alpha value is -3.30. The van der Waals surface area contributed by atoms with Gasteiger partial charge in [-0.2, -0.15) is 13.2 Å². The number of benzene rings is 3. The molecule has 1 heterocycles. The van der Waals surface area contributed by atoms with Crippen molar-refractivity contribution in [2.24, 2.45) is 0 Å². The van der Waals surface area contributed by atoms with E-state index in [1.807, 2.05) is 6.07 Å². The number of thioether (sulfide) groups is 1. The van der Waals surface area contributed by atoms with Gasteiger partial charge in [-0.15, -0.1) is 0 Å². The lowest BCUT2D eigenvalue weighted by atomic mass is 10.1. The molecule has 37 heavy (non-hydrogen) atoms. The summed E-state index contributed by atoms with van der Waals surface area (Å²) in [7, 11) is 0. The van der Waals surface area contributed by atoms with Crippen LogP contribution < -0.4 is 10.9 Å². The summed E-state index contributed by atoms with van der Waals surface area (Å²) >= 11 is 7.57. The Kier molecular flexibility index (Phi) is 8.56. The van der Waals surface area contributed by atoms with Crippen LogP contribution in [0, 0.1) is 0 Å². The Balaban J connectivity index is 1.34. The first-order valence-electron chi connectivity index (χ1n) is 11.6. The van der Waals surface area contributed by atoms with Crippen molar-refractivity contribution in [2.45, 2.75) is 37.1 Å². The number of amides is 1.